The first kappa shape index (κ1) is 16.4. The van der Waals surface area contributed by atoms with Gasteiger partial charge in [0.2, 0.25) is 0 Å². The number of hydrogen-bond acceptors (Lipinski definition) is 4. The highest BCUT2D eigenvalue weighted by atomic mass is 35.5. The molecule has 1 N–H and O–H groups in total. The molecule has 110 valence electrons. The van der Waals surface area contributed by atoms with Crippen molar-refractivity contribution in [2.45, 2.75) is 46.3 Å². The number of carbonyl (C=O) groups is 2. The number of aryl methyl sites for hydroxylation is 1. The maximum atomic E-state index is 12.0. The minimum Gasteiger partial charge on any atom is -0.458 e. The SMILES string of the molecule is Cc1cc(C(=O)N[C@@H](C)C(=O)OC(C)(C)C)cc(Cl)n1. The zero-order valence-corrected chi connectivity index (χ0v) is 13.0. The van der Waals surface area contributed by atoms with Crippen LogP contribution in [0.15, 0.2) is 12.1 Å². The average molecular weight is 299 g/mol. The second-order valence-corrected chi connectivity index (χ2v) is 5.94. The van der Waals surface area contributed by atoms with Crippen LogP contribution in [-0.2, 0) is 9.53 Å². The van der Waals surface area contributed by atoms with Crippen LogP contribution >= 0.6 is 11.6 Å². The van der Waals surface area contributed by atoms with E-state index in [-0.39, 0.29) is 5.15 Å². The van der Waals surface area contributed by atoms with Gasteiger partial charge in [-0.05, 0) is 46.8 Å². The lowest BCUT2D eigenvalue weighted by Crippen LogP contribution is -2.42. The van der Waals surface area contributed by atoms with E-state index < -0.39 is 23.5 Å². The van der Waals surface area contributed by atoms with Crippen molar-refractivity contribution < 1.29 is 14.3 Å². The fourth-order valence-corrected chi connectivity index (χ4v) is 1.74. The largest absolute Gasteiger partial charge is 0.458 e. The van der Waals surface area contributed by atoms with E-state index in [0.29, 0.717) is 11.3 Å². The van der Waals surface area contributed by atoms with Gasteiger partial charge in [-0.25, -0.2) is 9.78 Å². The molecule has 20 heavy (non-hydrogen) atoms. The number of nitrogens with one attached hydrogen (secondary N) is 1. The maximum Gasteiger partial charge on any atom is 0.328 e. The molecule has 1 heterocycles. The van der Waals surface area contributed by atoms with Gasteiger partial charge in [-0.15, -0.1) is 0 Å². The molecule has 5 nitrogen and oxygen atoms in total. The first-order chi connectivity index (χ1) is 9.08. The quantitative estimate of drug-likeness (QED) is 0.687. The lowest BCUT2D eigenvalue weighted by atomic mass is 10.2. The Morgan fingerprint density at radius 3 is 2.45 bits per heavy atom. The second kappa shape index (κ2) is 6.22. The van der Waals surface area contributed by atoms with Crippen molar-refractivity contribution in [3.63, 3.8) is 0 Å². The van der Waals surface area contributed by atoms with Crippen LogP contribution in [0, 0.1) is 6.92 Å². The monoisotopic (exact) mass is 298 g/mol. The number of halogens is 1. The summed E-state index contributed by atoms with van der Waals surface area (Å²) < 4.78 is 5.19. The molecule has 0 aliphatic heterocycles. The van der Waals surface area contributed by atoms with Gasteiger partial charge in [-0.3, -0.25) is 4.79 Å². The molecule has 0 radical (unpaired) electrons. The molecule has 1 aromatic rings. The van der Waals surface area contributed by atoms with Crippen molar-refractivity contribution in [1.29, 1.82) is 0 Å². The van der Waals surface area contributed by atoms with Gasteiger partial charge in [0.25, 0.3) is 5.91 Å². The highest BCUT2D eigenvalue weighted by Crippen LogP contribution is 2.11. The lowest BCUT2D eigenvalue weighted by molar-refractivity contribution is -0.156. The van der Waals surface area contributed by atoms with Crippen LogP contribution in [0.1, 0.15) is 43.7 Å². The summed E-state index contributed by atoms with van der Waals surface area (Å²) in [6.45, 7) is 8.61. The minimum absolute atomic E-state index is 0.236. The Hall–Kier alpha value is -1.62. The maximum absolute atomic E-state index is 12.0. The summed E-state index contributed by atoms with van der Waals surface area (Å²) >= 11 is 5.80. The third kappa shape index (κ3) is 5.17. The van der Waals surface area contributed by atoms with Crippen LogP contribution in [0.4, 0.5) is 0 Å². The molecule has 0 aromatic carbocycles. The third-order valence-corrected chi connectivity index (χ3v) is 2.49. The molecule has 0 fully saturated rings. The van der Waals surface area contributed by atoms with Crippen molar-refractivity contribution in [3.8, 4) is 0 Å². The van der Waals surface area contributed by atoms with E-state index in [1.54, 1.807) is 40.7 Å². The van der Waals surface area contributed by atoms with Crippen LogP contribution in [0.5, 0.6) is 0 Å². The topological polar surface area (TPSA) is 68.3 Å². The number of hydrogen-bond donors (Lipinski definition) is 1. The van der Waals surface area contributed by atoms with Gasteiger partial charge in [0.15, 0.2) is 0 Å². The number of esters is 1. The highest BCUT2D eigenvalue weighted by molar-refractivity contribution is 6.29. The van der Waals surface area contributed by atoms with Crippen LogP contribution in [0.3, 0.4) is 0 Å². The van der Waals surface area contributed by atoms with Crippen molar-refractivity contribution in [2.75, 3.05) is 0 Å². The molecule has 1 aromatic heterocycles. The summed E-state index contributed by atoms with van der Waals surface area (Å²) in [5.74, 6) is -0.876. The zero-order valence-electron chi connectivity index (χ0n) is 12.3. The fourth-order valence-electron chi connectivity index (χ4n) is 1.49. The lowest BCUT2D eigenvalue weighted by Gasteiger charge is -2.22. The molecule has 0 bridgehead atoms. The van der Waals surface area contributed by atoms with E-state index >= 15 is 0 Å². The Bertz CT molecular complexity index is 503. The first-order valence-electron chi connectivity index (χ1n) is 6.26. The van der Waals surface area contributed by atoms with E-state index in [9.17, 15) is 9.59 Å². The van der Waals surface area contributed by atoms with Gasteiger partial charge < -0.3 is 10.1 Å². The van der Waals surface area contributed by atoms with Crippen molar-refractivity contribution in [2.24, 2.45) is 0 Å². The molecule has 0 aliphatic rings. The molecule has 1 atom stereocenters. The summed E-state index contributed by atoms with van der Waals surface area (Å²) in [4.78, 5) is 27.8. The van der Waals surface area contributed by atoms with E-state index in [1.807, 2.05) is 0 Å². The van der Waals surface area contributed by atoms with Gasteiger partial charge in [0.1, 0.15) is 16.8 Å². The van der Waals surface area contributed by atoms with Crippen LogP contribution in [0.25, 0.3) is 0 Å². The number of nitrogens with zero attached hydrogens (tertiary/aromatic N) is 1. The van der Waals surface area contributed by atoms with Crippen molar-refractivity contribution in [1.82, 2.24) is 10.3 Å². The van der Waals surface area contributed by atoms with Crippen LogP contribution < -0.4 is 5.32 Å². The Labute approximate surface area is 123 Å². The van der Waals surface area contributed by atoms with Crippen LogP contribution in [-0.4, -0.2) is 28.5 Å². The number of pyridine rings is 1. The molecule has 1 amide bonds. The van der Waals surface area contributed by atoms with E-state index in [1.165, 1.54) is 6.07 Å². The number of aromatic nitrogens is 1. The smallest absolute Gasteiger partial charge is 0.328 e. The molecule has 0 spiro atoms. The summed E-state index contributed by atoms with van der Waals surface area (Å²) in [7, 11) is 0. The van der Waals surface area contributed by atoms with Gasteiger partial charge in [0, 0.05) is 11.3 Å². The Morgan fingerprint density at radius 1 is 1.35 bits per heavy atom. The third-order valence-electron chi connectivity index (χ3n) is 2.29. The normalized spacial score (nSPS) is 12.7. The van der Waals surface area contributed by atoms with Crippen LogP contribution in [0.2, 0.25) is 5.15 Å². The summed E-state index contributed by atoms with van der Waals surface area (Å²) in [5.41, 5.74) is 0.401. The standard InChI is InChI=1S/C14H19ClN2O3/c1-8-6-10(7-11(15)16-8)12(18)17-9(2)13(19)20-14(3,4)5/h6-7,9H,1-5H3,(H,17,18)/t9-/m0/s1. The summed E-state index contributed by atoms with van der Waals surface area (Å²) in [5, 5.41) is 2.81. The molecule has 0 unspecified atom stereocenters. The number of carbonyl (C=O) groups excluding carboxylic acids is 2. The Balaban J connectivity index is 2.72. The zero-order chi connectivity index (χ0) is 15.5. The molecule has 0 saturated carbocycles. The first-order valence-corrected chi connectivity index (χ1v) is 6.64. The van der Waals surface area contributed by atoms with Gasteiger partial charge in [-0.1, -0.05) is 11.6 Å². The van der Waals surface area contributed by atoms with E-state index in [2.05, 4.69) is 10.3 Å². The summed E-state index contributed by atoms with van der Waals surface area (Å²) in [6.07, 6.45) is 0. The number of amides is 1. The van der Waals surface area contributed by atoms with E-state index in [0.717, 1.165) is 0 Å². The van der Waals surface area contributed by atoms with Gasteiger partial charge in [0.05, 0.1) is 0 Å². The van der Waals surface area contributed by atoms with E-state index in [4.69, 9.17) is 16.3 Å². The molecule has 0 saturated heterocycles. The molecular formula is C14H19ClN2O3. The summed E-state index contributed by atoms with van der Waals surface area (Å²) in [6, 6.07) is 2.31. The predicted molar refractivity (Wildman–Crippen MR) is 76.8 cm³/mol. The molecular weight excluding hydrogens is 280 g/mol. The Morgan fingerprint density at radius 2 is 1.95 bits per heavy atom. The minimum atomic E-state index is -0.742. The second-order valence-electron chi connectivity index (χ2n) is 5.55. The van der Waals surface area contributed by atoms with Crippen molar-refractivity contribution >= 4 is 23.5 Å². The predicted octanol–water partition coefficient (Wildman–Crippen LogP) is 2.50. The average Bonchev–Trinajstić information content (AvgIpc) is 2.25. The highest BCUT2D eigenvalue weighted by Gasteiger charge is 2.23. The number of rotatable bonds is 3. The molecule has 6 heteroatoms. The van der Waals surface area contributed by atoms with Gasteiger partial charge in [-0.2, -0.15) is 0 Å². The van der Waals surface area contributed by atoms with Gasteiger partial charge >= 0.3 is 5.97 Å². The fraction of sp³-hybridized carbons (Fsp3) is 0.500. The molecule has 0 aliphatic carbocycles. The molecule has 1 rings (SSSR count). The van der Waals surface area contributed by atoms with Crippen molar-refractivity contribution in [3.05, 3.63) is 28.5 Å². The number of ether oxygens (including phenoxy) is 1. The Kier molecular flexibility index (Phi) is 5.11.